The zero-order chi connectivity index (χ0) is 19.8. The average molecular weight is 372 g/mol. The zero-order valence-electron chi connectivity index (χ0n) is 14.0. The molecule has 5 nitrogen and oxygen atoms in total. The third kappa shape index (κ3) is 5.37. The van der Waals surface area contributed by atoms with E-state index in [2.05, 4.69) is 17.9 Å². The molecule has 7 heteroatoms. The summed E-state index contributed by atoms with van der Waals surface area (Å²) in [5.41, 5.74) is 0.745. The maximum atomic E-state index is 14.1. The van der Waals surface area contributed by atoms with Gasteiger partial charge in [-0.3, -0.25) is 0 Å². The van der Waals surface area contributed by atoms with Gasteiger partial charge in [0.2, 0.25) is 0 Å². The first-order chi connectivity index (χ1) is 12.9. The summed E-state index contributed by atoms with van der Waals surface area (Å²) in [5, 5.41) is 0. The fourth-order valence-electron chi connectivity index (χ4n) is 1.93. The molecule has 0 aliphatic heterocycles. The van der Waals surface area contributed by atoms with E-state index >= 15 is 0 Å². The highest BCUT2D eigenvalue weighted by atomic mass is 19.1. The van der Waals surface area contributed by atoms with Crippen molar-refractivity contribution in [2.45, 2.75) is 0 Å². The van der Waals surface area contributed by atoms with Crippen LogP contribution in [-0.4, -0.2) is 11.9 Å². The fourth-order valence-corrected chi connectivity index (χ4v) is 1.93. The van der Waals surface area contributed by atoms with Crippen LogP contribution in [0.2, 0.25) is 0 Å². The lowest BCUT2D eigenvalue weighted by Gasteiger charge is -2.08. The average Bonchev–Trinajstić information content (AvgIpc) is 2.67. The third-order valence-corrected chi connectivity index (χ3v) is 3.18. The van der Waals surface area contributed by atoms with Gasteiger partial charge in [0.15, 0.2) is 23.1 Å². The Morgan fingerprint density at radius 1 is 0.815 bits per heavy atom. The molecule has 0 heterocycles. The molecule has 0 unspecified atom stereocenters. The minimum absolute atomic E-state index is 0.123. The Bertz CT molecular complexity index is 919. The van der Waals surface area contributed by atoms with Gasteiger partial charge in [-0.2, -0.15) is 0 Å². The third-order valence-electron chi connectivity index (χ3n) is 3.18. The number of halogens is 2. The minimum Gasteiger partial charge on any atom is -0.459 e. The van der Waals surface area contributed by atoms with Crippen molar-refractivity contribution in [1.82, 2.24) is 0 Å². The van der Waals surface area contributed by atoms with Crippen LogP contribution in [0.5, 0.6) is 11.5 Å². The molecule has 0 saturated carbocycles. The van der Waals surface area contributed by atoms with Crippen LogP contribution in [0.3, 0.4) is 0 Å². The first-order valence-corrected chi connectivity index (χ1v) is 7.53. The van der Waals surface area contributed by atoms with E-state index in [-0.39, 0.29) is 11.5 Å². The van der Waals surface area contributed by atoms with Crippen molar-refractivity contribution in [3.05, 3.63) is 85.9 Å². The summed E-state index contributed by atoms with van der Waals surface area (Å²) < 4.78 is 42.4. The highest BCUT2D eigenvalue weighted by Crippen LogP contribution is 2.29. The van der Waals surface area contributed by atoms with Gasteiger partial charge in [0.1, 0.15) is 12.5 Å². The summed E-state index contributed by atoms with van der Waals surface area (Å²) in [6, 6.07) is 7.81. The van der Waals surface area contributed by atoms with Crippen LogP contribution in [-0.2, 0) is 14.3 Å². The summed E-state index contributed by atoms with van der Waals surface area (Å²) in [5.74, 6) is -3.36. The molecule has 0 fully saturated rings. The highest BCUT2D eigenvalue weighted by molar-refractivity contribution is 5.83. The number of ether oxygens (including phenoxy) is 3. The molecular weight excluding hydrogens is 358 g/mol. The first kappa shape index (κ1) is 19.6. The Morgan fingerprint density at radius 2 is 1.37 bits per heavy atom. The van der Waals surface area contributed by atoms with E-state index in [1.54, 1.807) is 0 Å². The first-order valence-electron chi connectivity index (χ1n) is 7.53. The monoisotopic (exact) mass is 372 g/mol. The van der Waals surface area contributed by atoms with Gasteiger partial charge in [-0.1, -0.05) is 25.3 Å². The standard InChI is InChI=1S/C20H14F2O5/c1-3-19(23)26-10-9-25-17-7-5-13(11-15(17)21)14-6-8-18(16(22)12-14)27-20(24)4-2/h3-12H,1-2H2/b10-9-. The van der Waals surface area contributed by atoms with Crippen molar-refractivity contribution >= 4 is 11.9 Å². The molecule has 0 aliphatic rings. The largest absolute Gasteiger partial charge is 0.459 e. The van der Waals surface area contributed by atoms with Crippen LogP contribution in [0.4, 0.5) is 8.78 Å². The van der Waals surface area contributed by atoms with Crippen molar-refractivity contribution in [1.29, 1.82) is 0 Å². The molecule has 138 valence electrons. The van der Waals surface area contributed by atoms with E-state index in [9.17, 15) is 18.4 Å². The predicted molar refractivity (Wildman–Crippen MR) is 93.7 cm³/mol. The summed E-state index contributed by atoms with van der Waals surface area (Å²) in [6.07, 6.45) is 3.80. The van der Waals surface area contributed by atoms with E-state index in [0.717, 1.165) is 36.8 Å². The van der Waals surface area contributed by atoms with Gasteiger partial charge in [0.05, 0.1) is 0 Å². The molecule has 0 radical (unpaired) electrons. The molecule has 0 spiro atoms. The Kier molecular flexibility index (Phi) is 6.60. The fraction of sp³-hybridized carbons (Fsp3) is 0. The Balaban J connectivity index is 2.13. The molecule has 2 aromatic carbocycles. The summed E-state index contributed by atoms with van der Waals surface area (Å²) in [6.45, 7) is 6.44. The maximum absolute atomic E-state index is 14.1. The van der Waals surface area contributed by atoms with E-state index in [1.807, 2.05) is 0 Å². The molecule has 0 atom stereocenters. The van der Waals surface area contributed by atoms with E-state index in [1.165, 1.54) is 24.3 Å². The molecule has 0 N–H and O–H groups in total. The van der Waals surface area contributed by atoms with E-state index < -0.39 is 23.6 Å². The lowest BCUT2D eigenvalue weighted by molar-refractivity contribution is -0.132. The molecule has 2 rings (SSSR count). The van der Waals surface area contributed by atoms with Gasteiger partial charge in [0.25, 0.3) is 0 Å². The van der Waals surface area contributed by atoms with Crippen LogP contribution < -0.4 is 9.47 Å². The van der Waals surface area contributed by atoms with Gasteiger partial charge in [-0.15, -0.1) is 0 Å². The van der Waals surface area contributed by atoms with Crippen molar-refractivity contribution in [2.24, 2.45) is 0 Å². The van der Waals surface area contributed by atoms with E-state index in [4.69, 9.17) is 9.47 Å². The summed E-state index contributed by atoms with van der Waals surface area (Å²) in [4.78, 5) is 22.0. The number of rotatable bonds is 7. The molecular formula is C20H14F2O5. The van der Waals surface area contributed by atoms with Crippen molar-refractivity contribution < 1.29 is 32.6 Å². The number of carbonyl (C=O) groups is 2. The zero-order valence-corrected chi connectivity index (χ0v) is 14.0. The normalized spacial score (nSPS) is 10.3. The van der Waals surface area contributed by atoms with Gasteiger partial charge in [-0.25, -0.2) is 18.4 Å². The molecule has 0 aromatic heterocycles. The van der Waals surface area contributed by atoms with Gasteiger partial charge < -0.3 is 14.2 Å². The number of carbonyl (C=O) groups excluding carboxylic acids is 2. The van der Waals surface area contributed by atoms with Crippen LogP contribution >= 0.6 is 0 Å². The molecule has 0 amide bonds. The predicted octanol–water partition coefficient (Wildman–Crippen LogP) is 4.30. The molecule has 2 aromatic rings. The van der Waals surface area contributed by atoms with Crippen molar-refractivity contribution in [3.63, 3.8) is 0 Å². The van der Waals surface area contributed by atoms with Crippen LogP contribution in [0.1, 0.15) is 0 Å². The van der Waals surface area contributed by atoms with Gasteiger partial charge >= 0.3 is 11.9 Å². The second kappa shape index (κ2) is 9.10. The van der Waals surface area contributed by atoms with E-state index in [0.29, 0.717) is 11.1 Å². The van der Waals surface area contributed by atoms with Crippen LogP contribution in [0, 0.1) is 11.6 Å². The topological polar surface area (TPSA) is 61.8 Å². The molecule has 0 aliphatic carbocycles. The minimum atomic E-state index is -0.791. The number of benzene rings is 2. The van der Waals surface area contributed by atoms with Crippen LogP contribution in [0.25, 0.3) is 11.1 Å². The second-order valence-electron chi connectivity index (χ2n) is 4.95. The molecule has 27 heavy (non-hydrogen) atoms. The van der Waals surface area contributed by atoms with Crippen molar-refractivity contribution in [3.8, 4) is 22.6 Å². The van der Waals surface area contributed by atoms with Crippen molar-refractivity contribution in [2.75, 3.05) is 0 Å². The molecule has 0 saturated heterocycles. The maximum Gasteiger partial charge on any atom is 0.335 e. The Morgan fingerprint density at radius 3 is 1.89 bits per heavy atom. The SMILES string of the molecule is C=CC(=O)O/C=C\Oc1ccc(-c2ccc(OC(=O)C=C)c(F)c2)cc1F. The lowest BCUT2D eigenvalue weighted by Crippen LogP contribution is -2.04. The van der Waals surface area contributed by atoms with Crippen LogP contribution in [0.15, 0.2) is 74.2 Å². The van der Waals surface area contributed by atoms with Gasteiger partial charge in [0, 0.05) is 12.2 Å². The quantitative estimate of drug-likeness (QED) is 0.314. The molecule has 0 bridgehead atoms. The lowest BCUT2D eigenvalue weighted by atomic mass is 10.0. The summed E-state index contributed by atoms with van der Waals surface area (Å²) >= 11 is 0. The van der Waals surface area contributed by atoms with Gasteiger partial charge in [-0.05, 0) is 35.4 Å². The second-order valence-corrected chi connectivity index (χ2v) is 4.95. The number of hydrogen-bond donors (Lipinski definition) is 0. The Labute approximate surface area is 153 Å². The smallest absolute Gasteiger partial charge is 0.335 e. The summed E-state index contributed by atoms with van der Waals surface area (Å²) in [7, 11) is 0. The Hall–Kier alpha value is -3.74. The number of hydrogen-bond acceptors (Lipinski definition) is 5. The number of esters is 2. The highest BCUT2D eigenvalue weighted by Gasteiger charge is 2.11.